The zero-order valence-corrected chi connectivity index (χ0v) is 27.1. The van der Waals surface area contributed by atoms with Crippen LogP contribution in [0.2, 0.25) is 0 Å². The fraction of sp³-hybridized carbons (Fsp3) is 0.556. The summed E-state index contributed by atoms with van der Waals surface area (Å²) in [5.41, 5.74) is 5.57. The van der Waals surface area contributed by atoms with Crippen LogP contribution < -0.4 is 14.6 Å². The van der Waals surface area contributed by atoms with Crippen molar-refractivity contribution in [2.24, 2.45) is 0 Å². The van der Waals surface area contributed by atoms with Gasteiger partial charge in [0.15, 0.2) is 12.7 Å². The average molecular weight is 578 g/mol. The molecule has 3 rings (SSSR count). The fourth-order valence-electron chi connectivity index (χ4n) is 5.27. The van der Waals surface area contributed by atoms with Gasteiger partial charge in [-0.15, -0.1) is 0 Å². The van der Waals surface area contributed by atoms with Gasteiger partial charge in [0, 0.05) is 11.1 Å². The highest BCUT2D eigenvalue weighted by Crippen LogP contribution is 2.35. The number of aromatic nitrogens is 1. The van der Waals surface area contributed by atoms with Gasteiger partial charge in [-0.25, -0.2) is 0 Å². The number of thiazole rings is 1. The van der Waals surface area contributed by atoms with E-state index >= 15 is 0 Å². The molecule has 3 aromatic rings. The minimum absolute atomic E-state index is 0.125. The van der Waals surface area contributed by atoms with E-state index in [9.17, 15) is 4.79 Å². The third-order valence-corrected chi connectivity index (χ3v) is 8.51. The number of ether oxygens (including phenoxy) is 1. The topological polar surface area (TPSA) is 42.2 Å². The zero-order chi connectivity index (χ0) is 29.5. The van der Waals surface area contributed by atoms with Crippen molar-refractivity contribution in [1.29, 1.82) is 0 Å². The number of anilines is 1. The maximum absolute atomic E-state index is 13.7. The van der Waals surface area contributed by atoms with E-state index in [-0.39, 0.29) is 11.3 Å². The van der Waals surface area contributed by atoms with E-state index in [4.69, 9.17) is 4.74 Å². The highest BCUT2D eigenvalue weighted by Gasteiger charge is 2.24. The number of benzene rings is 2. The first-order valence-corrected chi connectivity index (χ1v) is 16.8. The van der Waals surface area contributed by atoms with Crippen molar-refractivity contribution in [1.82, 2.24) is 0 Å². The quantitative estimate of drug-likeness (QED) is 0.121. The van der Waals surface area contributed by atoms with Crippen LogP contribution in [0.5, 0.6) is 5.75 Å². The first kappa shape index (κ1) is 32.8. The lowest BCUT2D eigenvalue weighted by atomic mass is 9.85. The van der Waals surface area contributed by atoms with Crippen molar-refractivity contribution in [3.63, 3.8) is 0 Å². The number of nitrogens with one attached hydrogen (secondary N) is 1. The maximum Gasteiger partial charge on any atom is 0.259 e. The lowest BCUT2D eigenvalue weighted by molar-refractivity contribution is -0.683. The van der Waals surface area contributed by atoms with Gasteiger partial charge in [-0.2, -0.15) is 4.57 Å². The van der Waals surface area contributed by atoms with E-state index in [1.807, 2.05) is 30.3 Å². The van der Waals surface area contributed by atoms with Crippen molar-refractivity contribution < 1.29 is 14.1 Å². The summed E-state index contributed by atoms with van der Waals surface area (Å²) >= 11 is 1.72. The molecule has 4 nitrogen and oxygen atoms in total. The molecule has 1 amide bonds. The molecule has 1 N–H and O–H groups in total. The van der Waals surface area contributed by atoms with Gasteiger partial charge in [0.2, 0.25) is 5.51 Å². The summed E-state index contributed by atoms with van der Waals surface area (Å²) < 4.78 is 8.57. The molecule has 0 radical (unpaired) electrons. The molecule has 0 saturated carbocycles. The Balaban J connectivity index is 1.55. The Hall–Kier alpha value is -2.66. The number of para-hydroxylation sites is 2. The molecule has 1 aromatic heterocycles. The van der Waals surface area contributed by atoms with Gasteiger partial charge in [-0.05, 0) is 30.9 Å². The smallest absolute Gasteiger partial charge is 0.259 e. The third kappa shape index (κ3) is 11.3. The van der Waals surface area contributed by atoms with Crippen molar-refractivity contribution in [2.75, 3.05) is 11.9 Å². The molecule has 0 atom stereocenters. The van der Waals surface area contributed by atoms with Crippen LogP contribution in [0.3, 0.4) is 0 Å². The van der Waals surface area contributed by atoms with E-state index in [0.29, 0.717) is 18.7 Å². The highest BCUT2D eigenvalue weighted by molar-refractivity contribution is 7.09. The van der Waals surface area contributed by atoms with Crippen LogP contribution in [-0.4, -0.2) is 12.5 Å². The van der Waals surface area contributed by atoms with E-state index in [1.165, 1.54) is 75.5 Å². The van der Waals surface area contributed by atoms with Crippen LogP contribution in [0, 0.1) is 6.92 Å². The van der Waals surface area contributed by atoms with E-state index in [0.717, 1.165) is 29.0 Å². The van der Waals surface area contributed by atoms with Gasteiger partial charge in [0.1, 0.15) is 5.75 Å². The molecule has 5 heteroatoms. The van der Waals surface area contributed by atoms with Crippen LogP contribution in [0.25, 0.3) is 0 Å². The number of amides is 1. The first-order chi connectivity index (χ1) is 19.8. The molecule has 0 fully saturated rings. The molecule has 0 aliphatic rings. The lowest BCUT2D eigenvalue weighted by Gasteiger charge is -2.25. The summed E-state index contributed by atoms with van der Waals surface area (Å²) in [6, 6.07) is 14.0. The minimum atomic E-state index is -0.131. The zero-order valence-electron chi connectivity index (χ0n) is 26.3. The molecule has 0 saturated heterocycles. The summed E-state index contributed by atoms with van der Waals surface area (Å²) in [5.74, 6) is 0.598. The fourth-order valence-corrected chi connectivity index (χ4v) is 5.91. The number of rotatable bonds is 18. The van der Waals surface area contributed by atoms with Crippen LogP contribution in [-0.2, 0) is 12.0 Å². The normalized spacial score (nSPS) is 11.5. The number of aryl methyl sites for hydroxylation is 1. The predicted octanol–water partition coefficient (Wildman–Crippen LogP) is 10.0. The molecule has 41 heavy (non-hydrogen) atoms. The monoisotopic (exact) mass is 577 g/mol. The Morgan fingerprint density at radius 1 is 0.854 bits per heavy atom. The molecule has 0 aliphatic carbocycles. The van der Waals surface area contributed by atoms with Gasteiger partial charge >= 0.3 is 0 Å². The van der Waals surface area contributed by atoms with Crippen molar-refractivity contribution in [2.45, 2.75) is 124 Å². The van der Waals surface area contributed by atoms with Gasteiger partial charge in [-0.3, -0.25) is 4.79 Å². The lowest BCUT2D eigenvalue weighted by Crippen LogP contribution is -2.31. The average Bonchev–Trinajstić information content (AvgIpc) is 3.36. The Kier molecular flexibility index (Phi) is 13.9. The molecule has 2 aromatic carbocycles. The predicted molar refractivity (Wildman–Crippen MR) is 174 cm³/mol. The molecule has 0 unspecified atom stereocenters. The van der Waals surface area contributed by atoms with Crippen LogP contribution in [0.4, 0.5) is 5.69 Å². The van der Waals surface area contributed by atoms with Gasteiger partial charge < -0.3 is 10.1 Å². The van der Waals surface area contributed by atoms with Crippen LogP contribution in [0.15, 0.2) is 54.2 Å². The van der Waals surface area contributed by atoms with Crippen molar-refractivity contribution >= 4 is 22.9 Å². The third-order valence-electron chi connectivity index (χ3n) is 7.65. The van der Waals surface area contributed by atoms with Crippen LogP contribution in [0.1, 0.15) is 131 Å². The van der Waals surface area contributed by atoms with Gasteiger partial charge in [0.25, 0.3) is 5.91 Å². The largest absolute Gasteiger partial charge is 0.492 e. The summed E-state index contributed by atoms with van der Waals surface area (Å²) in [4.78, 5) is 14.9. The van der Waals surface area contributed by atoms with Crippen molar-refractivity contribution in [3.8, 4) is 5.75 Å². The summed E-state index contributed by atoms with van der Waals surface area (Å²) in [5, 5.41) is 3.19. The number of hydrogen-bond donors (Lipinski definition) is 1. The second kappa shape index (κ2) is 17.3. The molecule has 0 bridgehead atoms. The number of carbonyl (C=O) groups excluding carboxylic acids is 1. The van der Waals surface area contributed by atoms with Gasteiger partial charge in [0.05, 0.1) is 22.7 Å². The Bertz CT molecular complexity index is 1190. The Labute approximate surface area is 253 Å². The second-order valence-electron chi connectivity index (χ2n) is 12.4. The summed E-state index contributed by atoms with van der Waals surface area (Å²) in [7, 11) is 0. The Morgan fingerprint density at radius 2 is 1.49 bits per heavy atom. The molecular weight excluding hydrogens is 524 g/mol. The first-order valence-electron chi connectivity index (χ1n) is 15.9. The van der Waals surface area contributed by atoms with E-state index in [1.54, 1.807) is 11.3 Å². The molecule has 224 valence electrons. The number of nitrogens with zero attached hydrogens (tertiary/aromatic N) is 1. The standard InChI is InChI=1S/C36H52N2O2S/c1-6-7-8-9-10-11-12-13-14-15-16-19-25-40-34-31(22-20-23-32(34)36(3,4)5)35(39)37-33-24-18-17-21-30(33)27-38-26-29(2)41-28-38/h17-18,20-24,26,28H,6-16,19,25,27H2,1-5H3/p+1. The SMILES string of the molecule is CCCCCCCCCCCCCCOc1c(C(=O)Nc2ccccc2C[n+]2csc(C)c2)cccc1C(C)(C)C. The molecule has 0 aliphatic heterocycles. The Morgan fingerprint density at radius 3 is 2.10 bits per heavy atom. The highest BCUT2D eigenvalue weighted by atomic mass is 32.1. The van der Waals surface area contributed by atoms with E-state index < -0.39 is 0 Å². The van der Waals surface area contributed by atoms with E-state index in [2.05, 4.69) is 68.3 Å². The summed E-state index contributed by atoms with van der Waals surface area (Å²) in [6.45, 7) is 12.3. The number of carbonyl (C=O) groups is 1. The number of unbranched alkanes of at least 4 members (excludes halogenated alkanes) is 11. The second-order valence-corrected chi connectivity index (χ2v) is 13.5. The summed E-state index contributed by atoms with van der Waals surface area (Å²) in [6.07, 6.45) is 17.9. The van der Waals surface area contributed by atoms with Gasteiger partial charge in [-0.1, -0.05) is 140 Å². The van der Waals surface area contributed by atoms with Crippen molar-refractivity contribution in [3.05, 3.63) is 75.7 Å². The molecule has 0 spiro atoms. The number of hydrogen-bond acceptors (Lipinski definition) is 3. The molecule has 1 heterocycles. The van der Waals surface area contributed by atoms with Crippen LogP contribution >= 0.6 is 11.3 Å². The molecular formula is C36H53N2O2S+. The maximum atomic E-state index is 13.7. The minimum Gasteiger partial charge on any atom is -0.492 e.